The summed E-state index contributed by atoms with van der Waals surface area (Å²) in [6.07, 6.45) is 0. The van der Waals surface area contributed by atoms with Crippen molar-refractivity contribution in [1.29, 1.82) is 0 Å². The zero-order valence-corrected chi connectivity index (χ0v) is 11.5. The summed E-state index contributed by atoms with van der Waals surface area (Å²) in [5.74, 6) is -0.118. The van der Waals surface area contributed by atoms with Gasteiger partial charge in [0, 0.05) is 51.9 Å². The molecule has 1 aromatic rings. The molecule has 104 valence electrons. The van der Waals surface area contributed by atoms with Gasteiger partial charge in [0.15, 0.2) is 0 Å². The van der Waals surface area contributed by atoms with Crippen molar-refractivity contribution in [3.63, 3.8) is 0 Å². The van der Waals surface area contributed by atoms with Gasteiger partial charge in [-0.15, -0.1) is 0 Å². The molecular formula is C15H22FN3. The van der Waals surface area contributed by atoms with Crippen LogP contribution in [0.3, 0.4) is 0 Å². The molecule has 3 fully saturated rings. The molecule has 4 rings (SSSR count). The van der Waals surface area contributed by atoms with E-state index in [9.17, 15) is 4.39 Å². The van der Waals surface area contributed by atoms with Crippen LogP contribution in [-0.4, -0.2) is 55.1 Å². The Hall–Kier alpha value is -0.970. The van der Waals surface area contributed by atoms with Gasteiger partial charge >= 0.3 is 0 Å². The zero-order valence-electron chi connectivity index (χ0n) is 11.5. The molecule has 4 heteroatoms. The Morgan fingerprint density at radius 2 is 2.05 bits per heavy atom. The highest BCUT2D eigenvalue weighted by Crippen LogP contribution is 2.15. The van der Waals surface area contributed by atoms with Gasteiger partial charge in [-0.25, -0.2) is 4.39 Å². The fourth-order valence-corrected chi connectivity index (χ4v) is 3.12. The lowest BCUT2D eigenvalue weighted by Crippen LogP contribution is -2.63. The average molecular weight is 263 g/mol. The number of nitrogens with zero attached hydrogens (tertiary/aromatic N) is 2. The van der Waals surface area contributed by atoms with Gasteiger partial charge < -0.3 is 5.32 Å². The fraction of sp³-hybridized carbons (Fsp3) is 0.600. The maximum Gasteiger partial charge on any atom is 0.126 e. The lowest BCUT2D eigenvalue weighted by molar-refractivity contribution is 0.0136. The summed E-state index contributed by atoms with van der Waals surface area (Å²) in [6, 6.07) is 6.00. The molecule has 0 aromatic heterocycles. The highest BCUT2D eigenvalue weighted by Gasteiger charge is 2.31. The smallest absolute Gasteiger partial charge is 0.126 e. The van der Waals surface area contributed by atoms with E-state index in [4.69, 9.17) is 0 Å². The SMILES string of the molecule is Cc1cc(CNCC2CN3CCN2CC3)ccc1F. The molecule has 0 saturated carbocycles. The van der Waals surface area contributed by atoms with Crippen LogP contribution in [0.1, 0.15) is 11.1 Å². The second-order valence-corrected chi connectivity index (χ2v) is 5.70. The molecule has 1 aromatic carbocycles. The van der Waals surface area contributed by atoms with Gasteiger partial charge in [-0.1, -0.05) is 12.1 Å². The summed E-state index contributed by atoms with van der Waals surface area (Å²) in [6.45, 7) is 9.73. The lowest BCUT2D eigenvalue weighted by atomic mass is 10.1. The Kier molecular flexibility index (Phi) is 3.82. The van der Waals surface area contributed by atoms with Crippen molar-refractivity contribution in [2.75, 3.05) is 39.3 Å². The predicted molar refractivity (Wildman–Crippen MR) is 74.6 cm³/mol. The number of rotatable bonds is 4. The minimum absolute atomic E-state index is 0.118. The highest BCUT2D eigenvalue weighted by molar-refractivity contribution is 5.23. The third-order valence-corrected chi connectivity index (χ3v) is 4.32. The molecule has 3 saturated heterocycles. The maximum absolute atomic E-state index is 13.2. The largest absolute Gasteiger partial charge is 0.311 e. The van der Waals surface area contributed by atoms with Crippen LogP contribution in [0.2, 0.25) is 0 Å². The van der Waals surface area contributed by atoms with E-state index in [1.165, 1.54) is 32.7 Å². The molecule has 1 unspecified atom stereocenters. The van der Waals surface area contributed by atoms with Crippen LogP contribution in [0.25, 0.3) is 0 Å². The predicted octanol–water partition coefficient (Wildman–Crippen LogP) is 1.22. The summed E-state index contributed by atoms with van der Waals surface area (Å²) in [4.78, 5) is 5.14. The van der Waals surface area contributed by atoms with Crippen molar-refractivity contribution in [1.82, 2.24) is 15.1 Å². The molecule has 0 aliphatic carbocycles. The standard InChI is InChI=1S/C15H22FN3/c1-12-8-13(2-3-15(12)16)9-17-10-14-11-18-4-6-19(14)7-5-18/h2-3,8,14,17H,4-7,9-11H2,1H3. The second kappa shape index (κ2) is 5.57. The molecule has 0 spiro atoms. The number of hydrogen-bond donors (Lipinski definition) is 1. The Balaban J connectivity index is 1.49. The van der Waals surface area contributed by atoms with E-state index < -0.39 is 0 Å². The van der Waals surface area contributed by atoms with Gasteiger partial charge in [0.2, 0.25) is 0 Å². The summed E-state index contributed by atoms with van der Waals surface area (Å²) in [5.41, 5.74) is 1.89. The molecule has 3 nitrogen and oxygen atoms in total. The maximum atomic E-state index is 13.2. The van der Waals surface area contributed by atoms with E-state index >= 15 is 0 Å². The third kappa shape index (κ3) is 2.96. The first kappa shape index (κ1) is 13.0. The van der Waals surface area contributed by atoms with Gasteiger partial charge in [0.1, 0.15) is 5.82 Å². The zero-order chi connectivity index (χ0) is 13.2. The Morgan fingerprint density at radius 1 is 1.26 bits per heavy atom. The molecule has 3 aliphatic heterocycles. The Labute approximate surface area is 114 Å². The molecule has 1 atom stereocenters. The number of halogens is 1. The lowest BCUT2D eigenvalue weighted by Gasteiger charge is -2.47. The third-order valence-electron chi connectivity index (χ3n) is 4.32. The summed E-state index contributed by atoms with van der Waals surface area (Å²) in [7, 11) is 0. The van der Waals surface area contributed by atoms with Gasteiger partial charge in [-0.3, -0.25) is 9.80 Å². The normalized spacial score (nSPS) is 29.7. The van der Waals surface area contributed by atoms with E-state index in [2.05, 4.69) is 15.1 Å². The van der Waals surface area contributed by atoms with E-state index in [1.807, 2.05) is 19.1 Å². The molecule has 1 N–H and O–H groups in total. The van der Waals surface area contributed by atoms with Crippen LogP contribution >= 0.6 is 0 Å². The topological polar surface area (TPSA) is 18.5 Å². The summed E-state index contributed by atoms with van der Waals surface area (Å²) >= 11 is 0. The van der Waals surface area contributed by atoms with Crippen LogP contribution in [0.4, 0.5) is 4.39 Å². The first-order valence-electron chi connectivity index (χ1n) is 7.14. The van der Waals surface area contributed by atoms with Crippen LogP contribution in [0.15, 0.2) is 18.2 Å². The van der Waals surface area contributed by atoms with Crippen molar-refractivity contribution in [2.45, 2.75) is 19.5 Å². The second-order valence-electron chi connectivity index (χ2n) is 5.70. The van der Waals surface area contributed by atoms with Gasteiger partial charge in [0.25, 0.3) is 0 Å². The van der Waals surface area contributed by atoms with Crippen molar-refractivity contribution in [3.05, 3.63) is 35.1 Å². The number of benzene rings is 1. The average Bonchev–Trinajstić information content (AvgIpc) is 2.44. The molecular weight excluding hydrogens is 241 g/mol. The number of fused-ring (bicyclic) bond motifs is 3. The molecule has 3 heterocycles. The first-order chi connectivity index (χ1) is 9.22. The van der Waals surface area contributed by atoms with Gasteiger partial charge in [0.05, 0.1) is 0 Å². The van der Waals surface area contributed by atoms with Crippen LogP contribution < -0.4 is 5.32 Å². The summed E-state index contributed by atoms with van der Waals surface area (Å²) < 4.78 is 13.2. The van der Waals surface area contributed by atoms with E-state index in [1.54, 1.807) is 6.07 Å². The van der Waals surface area contributed by atoms with Gasteiger partial charge in [-0.05, 0) is 24.1 Å². The molecule has 19 heavy (non-hydrogen) atoms. The van der Waals surface area contributed by atoms with Crippen LogP contribution in [0, 0.1) is 12.7 Å². The molecule has 2 bridgehead atoms. The van der Waals surface area contributed by atoms with Crippen molar-refractivity contribution >= 4 is 0 Å². The monoisotopic (exact) mass is 263 g/mol. The number of nitrogens with one attached hydrogen (secondary N) is 1. The minimum Gasteiger partial charge on any atom is -0.311 e. The first-order valence-corrected chi connectivity index (χ1v) is 7.14. The number of piperazine rings is 3. The van der Waals surface area contributed by atoms with E-state index in [-0.39, 0.29) is 5.82 Å². The van der Waals surface area contributed by atoms with Crippen LogP contribution in [-0.2, 0) is 6.54 Å². The molecule has 0 radical (unpaired) electrons. The van der Waals surface area contributed by atoms with E-state index in [0.29, 0.717) is 6.04 Å². The fourth-order valence-electron chi connectivity index (χ4n) is 3.12. The quantitative estimate of drug-likeness (QED) is 0.881. The number of aryl methyl sites for hydroxylation is 1. The minimum atomic E-state index is -0.118. The van der Waals surface area contributed by atoms with Crippen molar-refractivity contribution in [3.8, 4) is 0 Å². The van der Waals surface area contributed by atoms with E-state index in [0.717, 1.165) is 24.2 Å². The van der Waals surface area contributed by atoms with Crippen molar-refractivity contribution in [2.24, 2.45) is 0 Å². The Morgan fingerprint density at radius 3 is 2.68 bits per heavy atom. The number of hydrogen-bond acceptors (Lipinski definition) is 3. The Bertz CT molecular complexity index is 441. The highest BCUT2D eigenvalue weighted by atomic mass is 19.1. The molecule has 3 aliphatic rings. The van der Waals surface area contributed by atoms with Crippen molar-refractivity contribution < 1.29 is 4.39 Å². The van der Waals surface area contributed by atoms with Crippen LogP contribution in [0.5, 0.6) is 0 Å². The molecule has 0 amide bonds. The summed E-state index contributed by atoms with van der Waals surface area (Å²) in [5, 5.41) is 3.51. The van der Waals surface area contributed by atoms with Gasteiger partial charge in [-0.2, -0.15) is 0 Å².